The number of benzene rings is 3. The van der Waals surface area contributed by atoms with E-state index in [9.17, 15) is 0 Å². The molecule has 16 heteroatoms. The van der Waals surface area contributed by atoms with Crippen LogP contribution in [-0.2, 0) is 34.2 Å². The van der Waals surface area contributed by atoms with Gasteiger partial charge in [-0.3, -0.25) is 0 Å². The summed E-state index contributed by atoms with van der Waals surface area (Å²) in [5, 5.41) is 21.9. The van der Waals surface area contributed by atoms with Gasteiger partial charge in [-0.1, -0.05) is 173 Å². The number of hydrogen-bond donors (Lipinski definition) is 6. The molecule has 7 aliphatic rings. The summed E-state index contributed by atoms with van der Waals surface area (Å²) in [5.74, 6) is 0.761. The van der Waals surface area contributed by atoms with Crippen LogP contribution in [0.15, 0.2) is 104 Å². The molecular formula is C112H197N13O3. The Morgan fingerprint density at radius 3 is 1.02 bits per heavy atom. The van der Waals surface area contributed by atoms with Gasteiger partial charge in [-0.05, 0) is 313 Å². The van der Waals surface area contributed by atoms with Gasteiger partial charge in [-0.15, -0.1) is 0 Å². The van der Waals surface area contributed by atoms with E-state index in [1.165, 1.54) is 143 Å². The molecule has 7 fully saturated rings. The van der Waals surface area contributed by atoms with Gasteiger partial charge in [0.1, 0.15) is 6.10 Å². The van der Waals surface area contributed by atoms with E-state index >= 15 is 0 Å². The number of piperidine rings is 2. The molecule has 6 heterocycles. The summed E-state index contributed by atoms with van der Waals surface area (Å²) in [6, 6.07) is 34.8. The minimum absolute atomic E-state index is 0.136. The molecule has 6 N–H and O–H groups in total. The van der Waals surface area contributed by atoms with Gasteiger partial charge < -0.3 is 70.3 Å². The average molecular weight is 1770 g/mol. The first-order chi connectivity index (χ1) is 58.6. The van der Waals surface area contributed by atoms with Gasteiger partial charge in [0, 0.05) is 177 Å². The number of aromatic nitrogens is 3. The fraction of sp³-hybridized carbons (Fsp3) is 0.768. The third-order valence-corrected chi connectivity index (χ3v) is 24.1. The zero-order valence-corrected chi connectivity index (χ0v) is 89.4. The van der Waals surface area contributed by atoms with Crippen molar-refractivity contribution in [2.75, 3.05) is 81.8 Å². The Bertz CT molecular complexity index is 3780. The predicted molar refractivity (Wildman–Crippen MR) is 552 cm³/mol. The van der Waals surface area contributed by atoms with Crippen molar-refractivity contribution in [1.82, 2.24) is 56.2 Å². The van der Waals surface area contributed by atoms with Crippen molar-refractivity contribution in [2.24, 2.45) is 27.1 Å². The second-order valence-electron chi connectivity index (χ2n) is 53.2. The Labute approximate surface area is 787 Å². The van der Waals surface area contributed by atoms with Crippen LogP contribution >= 0.6 is 0 Å². The van der Waals surface area contributed by atoms with Gasteiger partial charge in [0.2, 0.25) is 5.88 Å². The number of likely N-dealkylation sites (tertiary alicyclic amines) is 2. The maximum atomic E-state index is 6.28. The fourth-order valence-electron chi connectivity index (χ4n) is 18.6. The zero-order chi connectivity index (χ0) is 95.6. The number of nitrogens with one attached hydrogen (secondary N) is 6. The lowest BCUT2D eigenvalue weighted by Crippen LogP contribution is -2.53. The van der Waals surface area contributed by atoms with Gasteiger partial charge in [-0.25, -0.2) is 9.97 Å². The number of pyridine rings is 1. The van der Waals surface area contributed by atoms with E-state index in [4.69, 9.17) is 14.2 Å². The van der Waals surface area contributed by atoms with Gasteiger partial charge in [0.15, 0.2) is 0 Å². The molecule has 128 heavy (non-hydrogen) atoms. The molecule has 12 rings (SSSR count). The highest BCUT2D eigenvalue weighted by atomic mass is 16.5. The number of nitrogens with zero attached hydrogens (tertiary/aromatic N) is 7. The predicted octanol–water partition coefficient (Wildman–Crippen LogP) is 24.1. The molecule has 2 aromatic heterocycles. The van der Waals surface area contributed by atoms with E-state index in [2.05, 4.69) is 413 Å². The van der Waals surface area contributed by atoms with Crippen LogP contribution in [-0.4, -0.2) is 190 Å². The summed E-state index contributed by atoms with van der Waals surface area (Å²) in [7, 11) is 0. The van der Waals surface area contributed by atoms with Crippen molar-refractivity contribution >= 4 is 11.4 Å². The molecule has 4 saturated heterocycles. The Hall–Kier alpha value is -4.98. The molecule has 728 valence electrons. The van der Waals surface area contributed by atoms with E-state index in [0.29, 0.717) is 93.8 Å². The summed E-state index contributed by atoms with van der Waals surface area (Å²) in [6.07, 6.45) is 25.9. The van der Waals surface area contributed by atoms with Crippen LogP contribution in [0.4, 0.5) is 11.4 Å². The molecule has 0 unspecified atom stereocenters. The number of anilines is 2. The van der Waals surface area contributed by atoms with E-state index < -0.39 is 0 Å². The Morgan fingerprint density at radius 1 is 0.359 bits per heavy atom. The third kappa shape index (κ3) is 45.4. The number of rotatable bonds is 22. The highest BCUT2D eigenvalue weighted by Crippen LogP contribution is 2.36. The number of hydrogen-bond acceptors (Lipinski definition) is 15. The Morgan fingerprint density at radius 2 is 0.695 bits per heavy atom. The molecule has 4 aliphatic heterocycles. The monoisotopic (exact) mass is 1770 g/mol. The van der Waals surface area contributed by atoms with Gasteiger partial charge in [0.25, 0.3) is 0 Å². The van der Waals surface area contributed by atoms with Gasteiger partial charge in [0.05, 0.1) is 36.4 Å². The SMILES string of the molecule is CC(C)(C)CN1CCC(OC2CC(NC(C)(C)C)C2)CC1.CC(C)(C)CN1CCC(OC2CC(NC(C)(C)C)C2)CC1.CC(C)(C)Cc1ccc(N2CC[C@@H](NC(C)(C)C)C2)cc1.CC(C)(C)Cc1ccc(N2CC[C@H](NC(C)(C)C)C2)cc1.CC(C)(C)NC1CC(Oc2cc(C(C)(C)C)ccn2)C1.C[C@@H](CNC(C)(C)C)n1cnc(-c2ccc(CC(C)(C)C)cc2)c1. The number of ether oxygens (including phenoxy) is 3. The van der Waals surface area contributed by atoms with Crippen molar-refractivity contribution < 1.29 is 14.2 Å². The van der Waals surface area contributed by atoms with Crippen LogP contribution in [0.1, 0.15) is 362 Å². The molecule has 0 amide bonds. The second-order valence-corrected chi connectivity index (χ2v) is 53.2. The third-order valence-electron chi connectivity index (χ3n) is 24.1. The summed E-state index contributed by atoms with van der Waals surface area (Å²) in [5.41, 5.74) is 13.7. The first-order valence-electron chi connectivity index (χ1n) is 50.5. The second kappa shape index (κ2) is 46.5. The molecule has 16 nitrogen and oxygen atoms in total. The first kappa shape index (κ1) is 110. The molecule has 5 aromatic rings. The van der Waals surface area contributed by atoms with Gasteiger partial charge in [-0.2, -0.15) is 0 Å². The maximum absolute atomic E-state index is 6.28. The highest BCUT2D eigenvalue weighted by molar-refractivity contribution is 5.59. The molecule has 0 bridgehead atoms. The quantitative estimate of drug-likeness (QED) is 0.0391. The minimum Gasteiger partial charge on any atom is -0.474 e. The lowest BCUT2D eigenvalue weighted by Gasteiger charge is -2.43. The van der Waals surface area contributed by atoms with E-state index in [1.807, 2.05) is 12.5 Å². The fourth-order valence-corrected chi connectivity index (χ4v) is 18.6. The topological polar surface area (TPSA) is 144 Å². The van der Waals surface area contributed by atoms with E-state index in [1.54, 1.807) is 0 Å². The highest BCUT2D eigenvalue weighted by Gasteiger charge is 2.39. The molecule has 0 spiro atoms. The molecule has 3 saturated carbocycles. The number of imidazole rings is 1. The minimum atomic E-state index is 0.136. The largest absolute Gasteiger partial charge is 0.474 e. The molecule has 3 aromatic carbocycles. The van der Waals surface area contributed by atoms with Crippen LogP contribution in [0.5, 0.6) is 5.88 Å². The zero-order valence-electron chi connectivity index (χ0n) is 89.4. The Kier molecular flexibility index (Phi) is 40.0. The van der Waals surface area contributed by atoms with Crippen LogP contribution in [0.25, 0.3) is 11.3 Å². The van der Waals surface area contributed by atoms with Crippen molar-refractivity contribution in [1.29, 1.82) is 0 Å². The van der Waals surface area contributed by atoms with Crippen LogP contribution in [0.3, 0.4) is 0 Å². The van der Waals surface area contributed by atoms with Crippen LogP contribution in [0, 0.1) is 27.1 Å². The lowest BCUT2D eigenvalue weighted by atomic mass is 9.87. The van der Waals surface area contributed by atoms with Gasteiger partial charge >= 0.3 is 0 Å². The summed E-state index contributed by atoms with van der Waals surface area (Å²) < 4.78 is 20.7. The normalized spacial score (nSPS) is 22.5. The molecular weight excluding hydrogens is 1580 g/mol. The molecule has 3 aliphatic carbocycles. The van der Waals surface area contributed by atoms with Crippen LogP contribution in [0.2, 0.25) is 0 Å². The summed E-state index contributed by atoms with van der Waals surface area (Å²) in [4.78, 5) is 19.1. The lowest BCUT2D eigenvalue weighted by molar-refractivity contribution is -0.0883. The van der Waals surface area contributed by atoms with Crippen molar-refractivity contribution in [3.63, 3.8) is 0 Å². The van der Waals surface area contributed by atoms with E-state index in [-0.39, 0.29) is 38.6 Å². The van der Waals surface area contributed by atoms with Crippen LogP contribution < -0.4 is 46.4 Å². The first-order valence-corrected chi connectivity index (χ1v) is 50.5. The smallest absolute Gasteiger partial charge is 0.213 e. The van der Waals surface area contributed by atoms with Crippen molar-refractivity contribution in [3.05, 3.63) is 126 Å². The maximum Gasteiger partial charge on any atom is 0.213 e. The Balaban J connectivity index is 0.000000211. The molecule has 0 radical (unpaired) electrons. The summed E-state index contributed by atoms with van der Waals surface area (Å²) in [6.45, 7) is 96.3. The van der Waals surface area contributed by atoms with E-state index in [0.717, 1.165) is 76.4 Å². The van der Waals surface area contributed by atoms with Crippen molar-refractivity contribution in [3.8, 4) is 17.1 Å². The summed E-state index contributed by atoms with van der Waals surface area (Å²) >= 11 is 0. The van der Waals surface area contributed by atoms with Crippen molar-refractivity contribution in [2.45, 2.75) is 458 Å². The average Bonchev–Trinajstić information content (AvgIpc) is 1.24. The standard InChI is InChI=1S/C21H33N3.2C19H32N2.2C18H36N2O.C17H28N2O/c1-16(13-23-21(5,6)7)24-14-19(22-15-24)18-10-8-17(9-11-18)12-20(2,3)4;2*1-18(2,3)13-15-7-9-17(10-8-15)21-12-11-16(14-21)20-19(4,5)6;2*1-17(2,3)13-20-9-7-15(8-10-20)21-16-11-14(12-16)19-18(4,5)6;1-16(2,3)12-7-8-18-15(9-12)20-14-10-13(11-14)19-17(4,5)6/h8-11,14-16,23H,12-13H2,1-7H3;2*7-10,16,20H,11-14H2,1-6H3;2*14-16,19H,7-13H2,1-6H3;7-9,13-14,19H,10-11H2,1-6H3/t3*16-;;;/m010.../s1. The molecule has 3 atom stereocenters.